The van der Waals surface area contributed by atoms with E-state index in [1.165, 1.54) is 7.05 Å². The summed E-state index contributed by atoms with van der Waals surface area (Å²) in [7, 11) is 1.47. The number of alkyl halides is 3. The van der Waals surface area contributed by atoms with Gasteiger partial charge in [-0.1, -0.05) is 25.9 Å². The van der Waals surface area contributed by atoms with E-state index < -0.39 is 12.6 Å². The Morgan fingerprint density at radius 2 is 1.90 bits per heavy atom. The van der Waals surface area contributed by atoms with Crippen LogP contribution in [0.2, 0.25) is 0 Å². The van der Waals surface area contributed by atoms with Gasteiger partial charge >= 0.3 is 6.18 Å². The van der Waals surface area contributed by atoms with E-state index in [0.717, 1.165) is 0 Å². The highest BCUT2D eigenvalue weighted by molar-refractivity contribution is 5.79. The Morgan fingerprint density at radius 3 is 2.38 bits per heavy atom. The molecule has 0 radical (unpaired) electrons. The third-order valence-electron chi connectivity index (χ3n) is 2.45. The lowest BCUT2D eigenvalue weighted by Crippen LogP contribution is -2.38. The van der Waals surface area contributed by atoms with Crippen molar-refractivity contribution in [3.63, 3.8) is 0 Å². The topological polar surface area (TPSA) is 75.3 Å². The highest BCUT2D eigenvalue weighted by Crippen LogP contribution is 2.19. The molecule has 21 heavy (non-hydrogen) atoms. The molecule has 1 aromatic heterocycles. The first-order chi connectivity index (χ1) is 9.62. The predicted molar refractivity (Wildman–Crippen MR) is 71.9 cm³/mol. The summed E-state index contributed by atoms with van der Waals surface area (Å²) in [6.45, 7) is 5.79. The molecule has 9 heteroatoms. The summed E-state index contributed by atoms with van der Waals surface area (Å²) in [5.74, 6) is 1.17. The number of hydrogen-bond donors (Lipinski definition) is 2. The van der Waals surface area contributed by atoms with Crippen LogP contribution in [0.3, 0.4) is 0 Å². The fraction of sp³-hybridized carbons (Fsp3) is 0.750. The molecule has 0 unspecified atom stereocenters. The van der Waals surface area contributed by atoms with Crippen molar-refractivity contribution in [2.75, 3.05) is 13.6 Å². The third kappa shape index (κ3) is 6.46. The quantitative estimate of drug-likeness (QED) is 0.657. The van der Waals surface area contributed by atoms with Crippen LogP contribution in [0.4, 0.5) is 13.2 Å². The van der Waals surface area contributed by atoms with Gasteiger partial charge in [-0.25, -0.2) is 0 Å². The van der Waals surface area contributed by atoms with Crippen molar-refractivity contribution in [1.82, 2.24) is 20.8 Å². The Morgan fingerprint density at radius 1 is 1.24 bits per heavy atom. The molecule has 1 heterocycles. The second-order valence-electron chi connectivity index (χ2n) is 5.48. The SMILES string of the molecule is CN=C(NCCC(F)(F)F)NCc1noc(C(C)(C)C)n1. The molecular weight excluding hydrogens is 287 g/mol. The largest absolute Gasteiger partial charge is 0.390 e. The van der Waals surface area contributed by atoms with Crippen molar-refractivity contribution in [2.45, 2.75) is 45.3 Å². The monoisotopic (exact) mass is 307 g/mol. The van der Waals surface area contributed by atoms with Crippen LogP contribution in [0.15, 0.2) is 9.52 Å². The molecular formula is C12H20F3N5O. The van der Waals surface area contributed by atoms with E-state index in [-0.39, 0.29) is 24.5 Å². The summed E-state index contributed by atoms with van der Waals surface area (Å²) in [6, 6.07) is 0. The summed E-state index contributed by atoms with van der Waals surface area (Å²) in [5, 5.41) is 9.19. The number of nitrogens with one attached hydrogen (secondary N) is 2. The minimum absolute atomic E-state index is 0.214. The van der Waals surface area contributed by atoms with Crippen molar-refractivity contribution in [3.8, 4) is 0 Å². The summed E-state index contributed by atoms with van der Waals surface area (Å²) in [5.41, 5.74) is -0.252. The lowest BCUT2D eigenvalue weighted by atomic mass is 9.97. The molecule has 0 aromatic carbocycles. The third-order valence-corrected chi connectivity index (χ3v) is 2.45. The Bertz CT molecular complexity index is 476. The first kappa shape index (κ1) is 17.3. The van der Waals surface area contributed by atoms with Gasteiger partial charge in [0.1, 0.15) is 0 Å². The lowest BCUT2D eigenvalue weighted by molar-refractivity contribution is -0.132. The summed E-state index contributed by atoms with van der Waals surface area (Å²) >= 11 is 0. The first-order valence-electron chi connectivity index (χ1n) is 6.46. The smallest absolute Gasteiger partial charge is 0.356 e. The van der Waals surface area contributed by atoms with Crippen LogP contribution < -0.4 is 10.6 Å². The Balaban J connectivity index is 2.44. The highest BCUT2D eigenvalue weighted by Gasteiger charge is 2.26. The fourth-order valence-corrected chi connectivity index (χ4v) is 1.34. The van der Waals surface area contributed by atoms with Gasteiger partial charge in [-0.05, 0) is 0 Å². The highest BCUT2D eigenvalue weighted by atomic mass is 19.4. The normalized spacial score (nSPS) is 13.4. The molecule has 6 nitrogen and oxygen atoms in total. The van der Waals surface area contributed by atoms with Crippen molar-refractivity contribution in [3.05, 3.63) is 11.7 Å². The van der Waals surface area contributed by atoms with E-state index in [0.29, 0.717) is 11.7 Å². The first-order valence-corrected chi connectivity index (χ1v) is 6.46. The fourth-order valence-electron chi connectivity index (χ4n) is 1.34. The van der Waals surface area contributed by atoms with Gasteiger partial charge < -0.3 is 15.2 Å². The van der Waals surface area contributed by atoms with E-state index in [1.54, 1.807) is 0 Å². The molecule has 0 aliphatic rings. The second kappa shape index (κ2) is 6.77. The van der Waals surface area contributed by atoms with E-state index >= 15 is 0 Å². The van der Waals surface area contributed by atoms with Crippen LogP contribution in [0.25, 0.3) is 0 Å². The van der Waals surface area contributed by atoms with Crippen molar-refractivity contribution >= 4 is 5.96 Å². The zero-order chi connectivity index (χ0) is 16.1. The van der Waals surface area contributed by atoms with Gasteiger partial charge in [-0.3, -0.25) is 4.99 Å². The molecule has 2 N–H and O–H groups in total. The molecule has 120 valence electrons. The van der Waals surface area contributed by atoms with E-state index in [4.69, 9.17) is 4.52 Å². The number of aliphatic imine (C=N–C) groups is 1. The molecule has 1 aromatic rings. The van der Waals surface area contributed by atoms with Gasteiger partial charge in [-0.15, -0.1) is 0 Å². The van der Waals surface area contributed by atoms with Crippen LogP contribution in [0.5, 0.6) is 0 Å². The van der Waals surface area contributed by atoms with Gasteiger partial charge in [0.15, 0.2) is 11.8 Å². The molecule has 0 spiro atoms. The minimum atomic E-state index is -4.19. The van der Waals surface area contributed by atoms with Gasteiger partial charge in [0.2, 0.25) is 5.89 Å². The van der Waals surface area contributed by atoms with Crippen LogP contribution in [-0.2, 0) is 12.0 Å². The second-order valence-corrected chi connectivity index (χ2v) is 5.48. The summed E-state index contributed by atoms with van der Waals surface area (Å²) < 4.78 is 41.2. The van der Waals surface area contributed by atoms with Crippen LogP contribution in [-0.4, -0.2) is 35.9 Å². The summed E-state index contributed by atoms with van der Waals surface area (Å²) in [6.07, 6.45) is -5.12. The minimum Gasteiger partial charge on any atom is -0.356 e. The number of aromatic nitrogens is 2. The van der Waals surface area contributed by atoms with Gasteiger partial charge in [0.05, 0.1) is 13.0 Å². The zero-order valence-electron chi connectivity index (χ0n) is 12.5. The molecule has 0 fully saturated rings. The van der Waals surface area contributed by atoms with Crippen LogP contribution in [0, 0.1) is 0 Å². The van der Waals surface area contributed by atoms with Gasteiger partial charge in [0.25, 0.3) is 0 Å². The molecule has 0 atom stereocenters. The molecule has 0 aliphatic carbocycles. The predicted octanol–water partition coefficient (Wildman–Crippen LogP) is 1.98. The van der Waals surface area contributed by atoms with Crippen molar-refractivity contribution in [1.29, 1.82) is 0 Å². The van der Waals surface area contributed by atoms with Crippen molar-refractivity contribution in [2.24, 2.45) is 4.99 Å². The number of nitrogens with zero attached hydrogens (tertiary/aromatic N) is 3. The maximum Gasteiger partial charge on any atom is 0.390 e. The standard InChI is InChI=1S/C12H20F3N5O/c1-11(2,3)9-19-8(20-21-9)7-18-10(16-4)17-6-5-12(13,14)15/h5-7H2,1-4H3,(H2,16,17,18). The molecule has 0 saturated heterocycles. The maximum absolute atomic E-state index is 12.0. The van der Waals surface area contributed by atoms with E-state index in [9.17, 15) is 13.2 Å². The van der Waals surface area contributed by atoms with Crippen LogP contribution in [0.1, 0.15) is 38.9 Å². The Hall–Kier alpha value is -1.80. The number of halogens is 3. The molecule has 0 bridgehead atoms. The Labute approximate surface area is 121 Å². The summed E-state index contributed by atoms with van der Waals surface area (Å²) in [4.78, 5) is 8.02. The van der Waals surface area contributed by atoms with Crippen molar-refractivity contribution < 1.29 is 17.7 Å². The molecule has 1 rings (SSSR count). The van der Waals surface area contributed by atoms with Gasteiger partial charge in [0, 0.05) is 19.0 Å². The molecule has 0 aliphatic heterocycles. The zero-order valence-corrected chi connectivity index (χ0v) is 12.5. The Kier molecular flexibility index (Phi) is 5.56. The number of hydrogen-bond acceptors (Lipinski definition) is 4. The number of rotatable bonds is 4. The van der Waals surface area contributed by atoms with E-state index in [1.807, 2.05) is 20.8 Å². The maximum atomic E-state index is 12.0. The molecule has 0 saturated carbocycles. The molecule has 0 amide bonds. The number of guanidine groups is 1. The van der Waals surface area contributed by atoms with E-state index in [2.05, 4.69) is 25.8 Å². The lowest BCUT2D eigenvalue weighted by Gasteiger charge is -2.12. The van der Waals surface area contributed by atoms with Crippen LogP contribution >= 0.6 is 0 Å². The average molecular weight is 307 g/mol. The average Bonchev–Trinajstić information content (AvgIpc) is 2.80. The van der Waals surface area contributed by atoms with Gasteiger partial charge in [-0.2, -0.15) is 18.2 Å².